The lowest BCUT2D eigenvalue weighted by atomic mass is 10.1. The first-order chi connectivity index (χ1) is 10.6. The normalized spacial score (nSPS) is 17.7. The monoisotopic (exact) mass is 439 g/mol. The topological polar surface area (TPSA) is 42.9 Å². The van der Waals surface area contributed by atoms with Gasteiger partial charge in [0, 0.05) is 39.3 Å². The number of halogens is 1. The van der Waals surface area contributed by atoms with Crippen molar-refractivity contribution in [3.05, 3.63) is 0 Å². The molecule has 0 aromatic carbocycles. The maximum atomic E-state index is 4.67. The van der Waals surface area contributed by atoms with Gasteiger partial charge >= 0.3 is 0 Å². The summed E-state index contributed by atoms with van der Waals surface area (Å²) in [4.78, 5) is 9.65. The van der Waals surface area contributed by atoms with E-state index in [1.807, 2.05) is 0 Å². The van der Waals surface area contributed by atoms with Crippen molar-refractivity contribution in [3.63, 3.8) is 0 Å². The molecule has 1 saturated heterocycles. The van der Waals surface area contributed by atoms with Crippen LogP contribution in [0.15, 0.2) is 4.99 Å². The van der Waals surface area contributed by atoms with Crippen molar-refractivity contribution in [2.45, 2.75) is 40.0 Å². The van der Waals surface area contributed by atoms with Crippen LogP contribution < -0.4 is 10.6 Å². The molecule has 0 radical (unpaired) electrons. The Morgan fingerprint density at radius 2 is 1.91 bits per heavy atom. The first kappa shape index (κ1) is 22.9. The third-order valence-electron chi connectivity index (χ3n) is 4.09. The van der Waals surface area contributed by atoms with Crippen molar-refractivity contribution in [2.24, 2.45) is 10.9 Å². The lowest BCUT2D eigenvalue weighted by Crippen LogP contribution is -2.42. The van der Waals surface area contributed by atoms with E-state index in [4.69, 9.17) is 0 Å². The highest BCUT2D eigenvalue weighted by atomic mass is 127. The van der Waals surface area contributed by atoms with Gasteiger partial charge in [-0.15, -0.1) is 24.0 Å². The van der Waals surface area contributed by atoms with Gasteiger partial charge in [0.25, 0.3) is 0 Å². The van der Waals surface area contributed by atoms with Crippen LogP contribution in [0.2, 0.25) is 0 Å². The van der Waals surface area contributed by atoms with E-state index in [1.165, 1.54) is 45.4 Å². The van der Waals surface area contributed by atoms with E-state index in [0.717, 1.165) is 38.1 Å². The predicted molar refractivity (Wildman–Crippen MR) is 112 cm³/mol. The van der Waals surface area contributed by atoms with Crippen molar-refractivity contribution < 1.29 is 0 Å². The van der Waals surface area contributed by atoms with Gasteiger partial charge in [-0.1, -0.05) is 13.8 Å². The number of nitrogens with zero attached hydrogens (tertiary/aromatic N) is 3. The molecule has 6 heteroatoms. The second-order valence-electron chi connectivity index (χ2n) is 6.72. The molecule has 2 N–H and O–H groups in total. The van der Waals surface area contributed by atoms with Crippen molar-refractivity contribution in [2.75, 3.05) is 59.4 Å². The van der Waals surface area contributed by atoms with Crippen molar-refractivity contribution in [1.29, 1.82) is 0 Å². The van der Waals surface area contributed by atoms with Gasteiger partial charge in [-0.3, -0.25) is 4.99 Å². The molecule has 0 aromatic rings. The molecule has 0 spiro atoms. The van der Waals surface area contributed by atoms with E-state index in [-0.39, 0.29) is 24.0 Å². The summed E-state index contributed by atoms with van der Waals surface area (Å²) in [6, 6.07) is 0. The highest BCUT2D eigenvalue weighted by Crippen LogP contribution is 2.03. The molecule has 1 fully saturated rings. The maximum absolute atomic E-state index is 4.67. The smallest absolute Gasteiger partial charge is 0.191 e. The molecule has 0 amide bonds. The Hall–Kier alpha value is -0.0800. The van der Waals surface area contributed by atoms with Crippen LogP contribution in [0.1, 0.15) is 40.0 Å². The minimum Gasteiger partial charge on any atom is -0.357 e. The number of hydrogen-bond acceptors (Lipinski definition) is 3. The first-order valence-electron chi connectivity index (χ1n) is 9.05. The molecule has 0 bridgehead atoms. The maximum Gasteiger partial charge on any atom is 0.191 e. The van der Waals surface area contributed by atoms with Gasteiger partial charge < -0.3 is 20.4 Å². The van der Waals surface area contributed by atoms with Gasteiger partial charge in [-0.25, -0.2) is 0 Å². The van der Waals surface area contributed by atoms with E-state index in [1.54, 1.807) is 0 Å². The first-order valence-corrected chi connectivity index (χ1v) is 9.05. The summed E-state index contributed by atoms with van der Waals surface area (Å²) in [6.45, 7) is 15.4. The summed E-state index contributed by atoms with van der Waals surface area (Å²) in [5, 5.41) is 6.81. The van der Waals surface area contributed by atoms with E-state index >= 15 is 0 Å². The second-order valence-corrected chi connectivity index (χ2v) is 6.72. The van der Waals surface area contributed by atoms with E-state index in [2.05, 4.69) is 53.2 Å². The Morgan fingerprint density at radius 1 is 1.13 bits per heavy atom. The molecule has 23 heavy (non-hydrogen) atoms. The van der Waals surface area contributed by atoms with E-state index in [0.29, 0.717) is 0 Å². The van der Waals surface area contributed by atoms with Gasteiger partial charge in [-0.05, 0) is 52.2 Å². The van der Waals surface area contributed by atoms with E-state index in [9.17, 15) is 0 Å². The average molecular weight is 439 g/mol. The Kier molecular flexibility index (Phi) is 14.2. The fourth-order valence-electron chi connectivity index (χ4n) is 2.69. The van der Waals surface area contributed by atoms with Crippen LogP contribution in [-0.2, 0) is 0 Å². The van der Waals surface area contributed by atoms with Gasteiger partial charge in [0.2, 0.25) is 0 Å². The van der Waals surface area contributed by atoms with Crippen LogP contribution in [0, 0.1) is 5.92 Å². The number of nitrogens with one attached hydrogen (secondary N) is 2. The van der Waals surface area contributed by atoms with Gasteiger partial charge in [-0.2, -0.15) is 0 Å². The summed E-state index contributed by atoms with van der Waals surface area (Å²) in [7, 11) is 2.22. The minimum atomic E-state index is 0. The van der Waals surface area contributed by atoms with Crippen molar-refractivity contribution in [3.8, 4) is 0 Å². The van der Waals surface area contributed by atoms with Crippen molar-refractivity contribution in [1.82, 2.24) is 20.4 Å². The van der Waals surface area contributed by atoms with Crippen LogP contribution in [-0.4, -0.2) is 75.2 Å². The number of rotatable bonds is 8. The molecule has 0 saturated carbocycles. The Balaban J connectivity index is 0.00000484. The molecule has 0 aliphatic carbocycles. The zero-order chi connectivity index (χ0) is 16.2. The highest BCUT2D eigenvalue weighted by Gasteiger charge is 2.11. The fraction of sp³-hybridized carbons (Fsp3) is 0.941. The molecule has 0 atom stereocenters. The second kappa shape index (κ2) is 14.3. The zero-order valence-electron chi connectivity index (χ0n) is 15.6. The van der Waals surface area contributed by atoms with Crippen molar-refractivity contribution >= 4 is 29.9 Å². The standard InChI is InChI=1S/C17H37N5.HI/c1-5-18-17(19-9-6-8-16(2)3)20-10-13-22-12-7-11-21(4)14-15-22;/h16H,5-15H2,1-4H3,(H2,18,19,20);1H. The molecule has 1 rings (SSSR count). The average Bonchev–Trinajstić information content (AvgIpc) is 2.68. The number of aliphatic imine (C=N–C) groups is 1. The molecule has 1 aliphatic heterocycles. The minimum absolute atomic E-state index is 0. The van der Waals surface area contributed by atoms with Crippen LogP contribution in [0.25, 0.3) is 0 Å². The summed E-state index contributed by atoms with van der Waals surface area (Å²) in [5.74, 6) is 1.74. The van der Waals surface area contributed by atoms with Crippen LogP contribution in [0.3, 0.4) is 0 Å². The summed E-state index contributed by atoms with van der Waals surface area (Å²) in [5.41, 5.74) is 0. The highest BCUT2D eigenvalue weighted by molar-refractivity contribution is 14.0. The molecular weight excluding hydrogens is 401 g/mol. The SMILES string of the molecule is CCNC(=NCCCC(C)C)NCCN1CCCN(C)CC1.I. The number of likely N-dealkylation sites (N-methyl/N-ethyl adjacent to an activating group) is 1. The zero-order valence-corrected chi connectivity index (χ0v) is 17.9. The Bertz CT molecular complexity index is 309. The van der Waals surface area contributed by atoms with Crippen LogP contribution in [0.5, 0.6) is 0 Å². The van der Waals surface area contributed by atoms with Gasteiger partial charge in [0.1, 0.15) is 0 Å². The van der Waals surface area contributed by atoms with Crippen LogP contribution in [0.4, 0.5) is 0 Å². The largest absolute Gasteiger partial charge is 0.357 e. The van der Waals surface area contributed by atoms with Gasteiger partial charge in [0.05, 0.1) is 0 Å². The molecular formula is C17H38IN5. The quantitative estimate of drug-likeness (QED) is 0.264. The summed E-state index contributed by atoms with van der Waals surface area (Å²) < 4.78 is 0. The van der Waals surface area contributed by atoms with Crippen LogP contribution >= 0.6 is 24.0 Å². The lowest BCUT2D eigenvalue weighted by molar-refractivity contribution is 0.280. The predicted octanol–water partition coefficient (Wildman–Crippen LogP) is 2.23. The Labute approximate surface area is 160 Å². The molecule has 0 aromatic heterocycles. The third kappa shape index (κ3) is 12.0. The molecule has 138 valence electrons. The molecule has 1 heterocycles. The Morgan fingerprint density at radius 3 is 2.61 bits per heavy atom. The number of guanidine groups is 1. The number of hydrogen-bond donors (Lipinski definition) is 2. The fourth-order valence-corrected chi connectivity index (χ4v) is 2.69. The van der Waals surface area contributed by atoms with E-state index < -0.39 is 0 Å². The summed E-state index contributed by atoms with van der Waals surface area (Å²) >= 11 is 0. The molecule has 5 nitrogen and oxygen atoms in total. The lowest BCUT2D eigenvalue weighted by Gasteiger charge is -2.21. The molecule has 1 aliphatic rings. The summed E-state index contributed by atoms with van der Waals surface area (Å²) in [6.07, 6.45) is 3.71. The third-order valence-corrected chi connectivity index (χ3v) is 4.09. The van der Waals surface area contributed by atoms with Gasteiger partial charge in [0.15, 0.2) is 5.96 Å². The molecule has 0 unspecified atom stereocenters.